The first-order valence-electron chi connectivity index (χ1n) is 9.09. The number of carboxylic acid groups (broad SMARTS) is 1. The van der Waals surface area contributed by atoms with Crippen LogP contribution in [0.4, 0.5) is 0 Å². The molecule has 134 valence electrons. The van der Waals surface area contributed by atoms with Gasteiger partial charge in [0.1, 0.15) is 0 Å². The molecule has 3 rings (SSSR count). The molecule has 2 unspecified atom stereocenters. The second-order valence-corrected chi connectivity index (χ2v) is 7.13. The van der Waals surface area contributed by atoms with Gasteiger partial charge in [-0.3, -0.25) is 9.69 Å². The van der Waals surface area contributed by atoms with E-state index in [-0.39, 0.29) is 6.04 Å². The van der Waals surface area contributed by atoms with E-state index in [1.54, 1.807) is 0 Å². The maximum absolute atomic E-state index is 11.8. The number of aliphatic carboxylic acids is 1. The Morgan fingerprint density at radius 3 is 2.08 bits per heavy atom. The third-order valence-electron chi connectivity index (χ3n) is 5.32. The van der Waals surface area contributed by atoms with Gasteiger partial charge in [0, 0.05) is 19.1 Å². The molecule has 0 aromatic heterocycles. The monoisotopic (exact) mass is 348 g/mol. The summed E-state index contributed by atoms with van der Waals surface area (Å²) in [4.78, 5) is 14.1. The summed E-state index contributed by atoms with van der Waals surface area (Å²) in [5.74, 6) is -0.982. The highest BCUT2D eigenvalue weighted by atomic mass is 16.4. The molecule has 1 aliphatic rings. The van der Waals surface area contributed by atoms with Gasteiger partial charge in [0.2, 0.25) is 0 Å². The molecule has 0 bridgehead atoms. The van der Waals surface area contributed by atoms with Gasteiger partial charge in [-0.25, -0.2) is 0 Å². The van der Waals surface area contributed by atoms with E-state index in [0.29, 0.717) is 12.8 Å². The molecule has 1 fully saturated rings. The van der Waals surface area contributed by atoms with Gasteiger partial charge in [0.25, 0.3) is 0 Å². The lowest BCUT2D eigenvalue weighted by molar-refractivity contribution is -0.148. The molecule has 0 heterocycles. The van der Waals surface area contributed by atoms with Crippen LogP contribution in [0.2, 0.25) is 0 Å². The van der Waals surface area contributed by atoms with E-state index in [0.717, 1.165) is 25.9 Å². The Bertz CT molecular complexity index is 728. The number of nitrogens with zero attached hydrogens (tertiary/aromatic N) is 2. The molecule has 0 aliphatic heterocycles. The largest absolute Gasteiger partial charge is 0.480 e. The average Bonchev–Trinajstić information content (AvgIpc) is 2.69. The van der Waals surface area contributed by atoms with E-state index < -0.39 is 11.4 Å². The fraction of sp³-hybridized carbons (Fsp3) is 0.364. The summed E-state index contributed by atoms with van der Waals surface area (Å²) in [7, 11) is 0. The second-order valence-electron chi connectivity index (χ2n) is 7.13. The second kappa shape index (κ2) is 8.16. The van der Waals surface area contributed by atoms with Crippen LogP contribution in [-0.4, -0.2) is 22.0 Å². The Morgan fingerprint density at radius 1 is 1.08 bits per heavy atom. The molecule has 0 spiro atoms. The fourth-order valence-electron chi connectivity index (χ4n) is 3.85. The average molecular weight is 348 g/mol. The van der Waals surface area contributed by atoms with Crippen molar-refractivity contribution >= 4 is 5.97 Å². The van der Waals surface area contributed by atoms with Crippen LogP contribution in [0.25, 0.3) is 0 Å². The molecule has 4 nitrogen and oxygen atoms in total. The van der Waals surface area contributed by atoms with Crippen molar-refractivity contribution in [2.24, 2.45) is 5.41 Å². The maximum atomic E-state index is 11.8. The van der Waals surface area contributed by atoms with Crippen molar-refractivity contribution in [2.45, 2.75) is 44.8 Å². The summed E-state index contributed by atoms with van der Waals surface area (Å²) in [5.41, 5.74) is 1.15. The summed E-state index contributed by atoms with van der Waals surface area (Å²) >= 11 is 0. The van der Waals surface area contributed by atoms with Gasteiger partial charge in [0.05, 0.1) is 6.07 Å². The van der Waals surface area contributed by atoms with E-state index in [1.807, 2.05) is 36.4 Å². The Balaban J connectivity index is 1.84. The summed E-state index contributed by atoms with van der Waals surface area (Å²) < 4.78 is 0. The van der Waals surface area contributed by atoms with Crippen molar-refractivity contribution in [1.82, 2.24) is 4.90 Å². The first kappa shape index (κ1) is 18.2. The van der Waals surface area contributed by atoms with Crippen LogP contribution >= 0.6 is 0 Å². The molecule has 0 saturated heterocycles. The fourth-order valence-corrected chi connectivity index (χ4v) is 3.85. The number of hydrogen-bond donors (Lipinski definition) is 1. The lowest BCUT2D eigenvalue weighted by Crippen LogP contribution is -2.44. The van der Waals surface area contributed by atoms with Crippen LogP contribution in [0.3, 0.4) is 0 Å². The first-order chi connectivity index (χ1) is 12.6. The molecule has 26 heavy (non-hydrogen) atoms. The minimum Gasteiger partial charge on any atom is -0.480 e. The summed E-state index contributed by atoms with van der Waals surface area (Å²) in [6.07, 6.45) is 2.53. The van der Waals surface area contributed by atoms with Crippen LogP contribution in [0.1, 0.15) is 36.8 Å². The highest BCUT2D eigenvalue weighted by Gasteiger charge is 2.44. The molecule has 1 N–H and O–H groups in total. The Labute approximate surface area is 154 Å². The zero-order chi connectivity index (χ0) is 18.4. The van der Waals surface area contributed by atoms with Crippen molar-refractivity contribution in [3.8, 4) is 6.07 Å². The van der Waals surface area contributed by atoms with Crippen molar-refractivity contribution < 1.29 is 9.90 Å². The predicted molar refractivity (Wildman–Crippen MR) is 100 cm³/mol. The third kappa shape index (κ3) is 4.12. The molecule has 4 heteroatoms. The molecule has 2 aromatic carbocycles. The number of hydrogen-bond acceptors (Lipinski definition) is 3. The van der Waals surface area contributed by atoms with Crippen LogP contribution in [0.5, 0.6) is 0 Å². The number of benzene rings is 2. The topological polar surface area (TPSA) is 64.3 Å². The Morgan fingerprint density at radius 2 is 1.62 bits per heavy atom. The van der Waals surface area contributed by atoms with Crippen molar-refractivity contribution in [1.29, 1.82) is 5.26 Å². The molecule has 0 radical (unpaired) electrons. The molecular weight excluding hydrogens is 324 g/mol. The number of carbonyl (C=O) groups is 1. The van der Waals surface area contributed by atoms with Crippen molar-refractivity contribution in [3.05, 3.63) is 71.8 Å². The molecular formula is C22H24N2O2. The van der Waals surface area contributed by atoms with Crippen LogP contribution in [-0.2, 0) is 17.9 Å². The van der Waals surface area contributed by atoms with Crippen molar-refractivity contribution in [2.75, 3.05) is 0 Å². The number of rotatable bonds is 6. The SMILES string of the molecule is N#CC1(C(=O)O)CCCC(N(Cc2ccccc2)Cc2ccccc2)C1. The van der Waals surface area contributed by atoms with Crippen molar-refractivity contribution in [3.63, 3.8) is 0 Å². The smallest absolute Gasteiger partial charge is 0.324 e. The quantitative estimate of drug-likeness (QED) is 0.848. The van der Waals surface area contributed by atoms with Crippen LogP contribution in [0, 0.1) is 16.7 Å². The van der Waals surface area contributed by atoms with E-state index in [1.165, 1.54) is 11.1 Å². The lowest BCUT2D eigenvalue weighted by atomic mass is 9.72. The summed E-state index contributed by atoms with van der Waals surface area (Å²) in [6, 6.07) is 22.6. The van der Waals surface area contributed by atoms with E-state index in [4.69, 9.17) is 0 Å². The predicted octanol–water partition coefficient (Wildman–Crippen LogP) is 4.23. The zero-order valence-electron chi connectivity index (χ0n) is 14.8. The first-order valence-corrected chi connectivity index (χ1v) is 9.09. The van der Waals surface area contributed by atoms with Crippen LogP contribution in [0.15, 0.2) is 60.7 Å². The Kier molecular flexibility index (Phi) is 5.70. The lowest BCUT2D eigenvalue weighted by Gasteiger charge is -2.39. The van der Waals surface area contributed by atoms with E-state index in [2.05, 4.69) is 35.2 Å². The highest BCUT2D eigenvalue weighted by molar-refractivity contribution is 5.78. The molecule has 2 atom stereocenters. The van der Waals surface area contributed by atoms with E-state index in [9.17, 15) is 15.2 Å². The minimum absolute atomic E-state index is 0.0833. The maximum Gasteiger partial charge on any atom is 0.324 e. The summed E-state index contributed by atoms with van der Waals surface area (Å²) in [5, 5.41) is 19.2. The third-order valence-corrected chi connectivity index (χ3v) is 5.32. The number of nitriles is 1. The van der Waals surface area contributed by atoms with Gasteiger partial charge < -0.3 is 5.11 Å². The molecule has 1 aliphatic carbocycles. The molecule has 2 aromatic rings. The van der Waals surface area contributed by atoms with Crippen LogP contribution < -0.4 is 0 Å². The van der Waals surface area contributed by atoms with E-state index >= 15 is 0 Å². The minimum atomic E-state index is -1.26. The number of carboxylic acids is 1. The normalized spacial score (nSPS) is 22.7. The van der Waals surface area contributed by atoms with Gasteiger partial charge in [0.15, 0.2) is 5.41 Å². The highest BCUT2D eigenvalue weighted by Crippen LogP contribution is 2.39. The van der Waals surface area contributed by atoms with Gasteiger partial charge in [-0.15, -0.1) is 0 Å². The molecule has 0 amide bonds. The zero-order valence-corrected chi connectivity index (χ0v) is 14.8. The van der Waals surface area contributed by atoms with Gasteiger partial charge >= 0.3 is 5.97 Å². The van der Waals surface area contributed by atoms with Gasteiger partial charge in [-0.1, -0.05) is 60.7 Å². The van der Waals surface area contributed by atoms with Gasteiger partial charge in [-0.05, 0) is 36.8 Å². The Hall–Kier alpha value is -2.64. The standard InChI is InChI=1S/C22H24N2O2/c23-17-22(21(25)26)13-7-12-20(14-22)24(15-18-8-3-1-4-9-18)16-19-10-5-2-6-11-19/h1-6,8-11,20H,7,12-16H2,(H,25,26). The van der Waals surface area contributed by atoms with Gasteiger partial charge in [-0.2, -0.15) is 5.26 Å². The molecule has 1 saturated carbocycles. The summed E-state index contributed by atoms with van der Waals surface area (Å²) in [6.45, 7) is 1.50.